The Balaban J connectivity index is 1.75. The monoisotopic (exact) mass is 516 g/mol. The van der Waals surface area contributed by atoms with Gasteiger partial charge in [0, 0.05) is 15.8 Å². The first-order chi connectivity index (χ1) is 17.0. The van der Waals surface area contributed by atoms with Crippen LogP contribution in [0.25, 0.3) is 10.9 Å². The molecular weight excluding hydrogens is 493 g/mol. The second-order valence-electron chi connectivity index (χ2n) is 8.21. The number of halogens is 3. The first-order valence-corrected chi connectivity index (χ1v) is 11.7. The molecule has 0 aliphatic carbocycles. The normalized spacial score (nSPS) is 11.5. The summed E-state index contributed by atoms with van der Waals surface area (Å²) in [7, 11) is 1.42. The molecule has 10 heteroatoms. The molecule has 0 saturated heterocycles. The van der Waals surface area contributed by atoms with E-state index in [4.69, 9.17) is 14.6 Å². The van der Waals surface area contributed by atoms with E-state index in [1.165, 1.54) is 25.1 Å². The van der Waals surface area contributed by atoms with Gasteiger partial charge in [-0.3, -0.25) is 4.79 Å². The van der Waals surface area contributed by atoms with Crippen molar-refractivity contribution in [3.8, 4) is 17.2 Å². The van der Waals surface area contributed by atoms with Crippen LogP contribution in [0.3, 0.4) is 0 Å². The van der Waals surface area contributed by atoms with Gasteiger partial charge in [0.25, 0.3) is 0 Å². The van der Waals surface area contributed by atoms with Gasteiger partial charge < -0.3 is 24.3 Å². The molecule has 4 aromatic rings. The van der Waals surface area contributed by atoms with Crippen LogP contribution in [0.5, 0.6) is 17.2 Å². The minimum atomic E-state index is -4.54. The Kier molecular flexibility index (Phi) is 7.07. The van der Waals surface area contributed by atoms with E-state index in [9.17, 15) is 18.0 Å². The summed E-state index contributed by atoms with van der Waals surface area (Å²) in [6.45, 7) is 3.94. The van der Waals surface area contributed by atoms with Crippen molar-refractivity contribution in [1.29, 1.82) is 0 Å². The van der Waals surface area contributed by atoms with Crippen molar-refractivity contribution in [2.24, 2.45) is 0 Å². The SMILES string of the molecule is COc1cc(CC(=O)O)ccc1Oc1ccc2[nH]c(C(F)(F)F)cc2c1NSc1ccc(C)cc1C. The third kappa shape index (κ3) is 5.54. The Bertz CT molecular complexity index is 1430. The average molecular weight is 517 g/mol. The fraction of sp³-hybridized carbons (Fsp3) is 0.192. The summed E-state index contributed by atoms with van der Waals surface area (Å²) < 4.78 is 54.9. The number of methoxy groups -OCH3 is 1. The maximum atomic E-state index is 13.4. The number of hydrogen-bond acceptors (Lipinski definition) is 5. The van der Waals surface area contributed by atoms with E-state index < -0.39 is 17.8 Å². The molecule has 188 valence electrons. The number of nitrogens with one attached hydrogen (secondary N) is 2. The molecule has 1 aromatic heterocycles. The molecule has 0 atom stereocenters. The van der Waals surface area contributed by atoms with Crippen LogP contribution in [0, 0.1) is 13.8 Å². The maximum absolute atomic E-state index is 13.4. The molecule has 0 amide bonds. The predicted octanol–water partition coefficient (Wildman–Crippen LogP) is 7.35. The summed E-state index contributed by atoms with van der Waals surface area (Å²) in [6.07, 6.45) is -4.73. The molecule has 6 nitrogen and oxygen atoms in total. The van der Waals surface area contributed by atoms with E-state index in [1.807, 2.05) is 32.0 Å². The number of carboxylic acids is 1. The first kappa shape index (κ1) is 25.3. The Morgan fingerprint density at radius 3 is 2.44 bits per heavy atom. The number of alkyl halides is 3. The minimum Gasteiger partial charge on any atom is -0.493 e. The Morgan fingerprint density at radius 2 is 1.78 bits per heavy atom. The number of aliphatic carboxylic acids is 1. The van der Waals surface area contributed by atoms with Crippen LogP contribution in [0.1, 0.15) is 22.4 Å². The number of benzene rings is 3. The molecule has 0 aliphatic rings. The van der Waals surface area contributed by atoms with Crippen LogP contribution in [0.4, 0.5) is 18.9 Å². The maximum Gasteiger partial charge on any atom is 0.431 e. The summed E-state index contributed by atoms with van der Waals surface area (Å²) >= 11 is 1.26. The highest BCUT2D eigenvalue weighted by atomic mass is 32.2. The van der Waals surface area contributed by atoms with Crippen LogP contribution < -0.4 is 14.2 Å². The molecular formula is C26H23F3N2O4S. The van der Waals surface area contributed by atoms with Gasteiger partial charge >= 0.3 is 12.1 Å². The number of aryl methyl sites for hydroxylation is 2. The fourth-order valence-electron chi connectivity index (χ4n) is 3.75. The van der Waals surface area contributed by atoms with Crippen molar-refractivity contribution < 1.29 is 32.5 Å². The lowest BCUT2D eigenvalue weighted by Crippen LogP contribution is -2.04. The standard InChI is InChI=1S/C26H23F3N2O4S/c1-14-4-9-22(15(2)10-14)36-31-25-17-13-23(26(27,28)29)30-18(17)6-8-20(25)35-19-7-5-16(12-24(32)33)11-21(19)34-3/h4-11,13,30-31H,12H2,1-3H3,(H,32,33). The predicted molar refractivity (Wildman–Crippen MR) is 133 cm³/mol. The zero-order valence-electron chi connectivity index (χ0n) is 19.6. The van der Waals surface area contributed by atoms with Gasteiger partial charge in [-0.1, -0.05) is 23.8 Å². The smallest absolute Gasteiger partial charge is 0.431 e. The van der Waals surface area contributed by atoms with E-state index in [0.29, 0.717) is 27.9 Å². The highest BCUT2D eigenvalue weighted by Gasteiger charge is 2.33. The number of fused-ring (bicyclic) bond motifs is 1. The summed E-state index contributed by atoms with van der Waals surface area (Å²) in [6, 6.07) is 14.7. The van der Waals surface area contributed by atoms with E-state index in [2.05, 4.69) is 9.71 Å². The molecule has 0 spiro atoms. The number of aromatic nitrogens is 1. The number of anilines is 1. The number of carbonyl (C=O) groups is 1. The number of rotatable bonds is 8. The molecule has 0 bridgehead atoms. The summed E-state index contributed by atoms with van der Waals surface area (Å²) in [4.78, 5) is 14.4. The molecule has 0 radical (unpaired) electrons. The van der Waals surface area contributed by atoms with E-state index in [1.54, 1.807) is 24.3 Å². The zero-order chi connectivity index (χ0) is 26.0. The highest BCUT2D eigenvalue weighted by Crippen LogP contribution is 2.43. The van der Waals surface area contributed by atoms with Crippen molar-refractivity contribution in [2.75, 3.05) is 11.8 Å². The van der Waals surface area contributed by atoms with Gasteiger partial charge in [0.15, 0.2) is 17.2 Å². The quantitative estimate of drug-likeness (QED) is 0.212. The lowest BCUT2D eigenvalue weighted by Gasteiger charge is -2.16. The fourth-order valence-corrected chi connectivity index (χ4v) is 4.52. The minimum absolute atomic E-state index is 0.189. The van der Waals surface area contributed by atoms with Crippen molar-refractivity contribution in [3.05, 3.63) is 77.0 Å². The molecule has 4 rings (SSSR count). The van der Waals surface area contributed by atoms with Crippen LogP contribution in [0.2, 0.25) is 0 Å². The van der Waals surface area contributed by atoms with Gasteiger partial charge in [-0.2, -0.15) is 13.2 Å². The topological polar surface area (TPSA) is 83.6 Å². The number of H-pyrrole nitrogens is 1. The molecule has 0 fully saturated rings. The third-order valence-electron chi connectivity index (χ3n) is 5.47. The zero-order valence-corrected chi connectivity index (χ0v) is 20.4. The van der Waals surface area contributed by atoms with Gasteiger partial charge in [-0.05, 0) is 73.3 Å². The Hall–Kier alpha value is -3.79. The van der Waals surface area contributed by atoms with Gasteiger partial charge in [0.1, 0.15) is 5.69 Å². The van der Waals surface area contributed by atoms with Crippen molar-refractivity contribution in [2.45, 2.75) is 31.3 Å². The van der Waals surface area contributed by atoms with Crippen molar-refractivity contribution >= 4 is 34.5 Å². The second-order valence-corrected chi connectivity index (χ2v) is 9.06. The van der Waals surface area contributed by atoms with Gasteiger partial charge in [-0.15, -0.1) is 0 Å². The number of ether oxygens (including phenoxy) is 2. The third-order valence-corrected chi connectivity index (χ3v) is 6.45. The van der Waals surface area contributed by atoms with E-state index in [-0.39, 0.29) is 17.9 Å². The number of carboxylic acid groups (broad SMARTS) is 1. The molecule has 36 heavy (non-hydrogen) atoms. The molecule has 0 saturated carbocycles. The van der Waals surface area contributed by atoms with E-state index in [0.717, 1.165) is 22.1 Å². The highest BCUT2D eigenvalue weighted by molar-refractivity contribution is 8.00. The molecule has 0 aliphatic heterocycles. The van der Waals surface area contributed by atoms with Crippen LogP contribution in [0.15, 0.2) is 59.5 Å². The summed E-state index contributed by atoms with van der Waals surface area (Å²) in [5.41, 5.74) is 2.41. The van der Waals surface area contributed by atoms with Crippen LogP contribution in [-0.2, 0) is 17.4 Å². The van der Waals surface area contributed by atoms with Crippen molar-refractivity contribution in [3.63, 3.8) is 0 Å². The molecule has 0 unspecified atom stereocenters. The van der Waals surface area contributed by atoms with Gasteiger partial charge in [0.2, 0.25) is 0 Å². The number of hydrogen-bond donors (Lipinski definition) is 3. The lowest BCUT2D eigenvalue weighted by molar-refractivity contribution is -0.140. The first-order valence-electron chi connectivity index (χ1n) is 10.8. The van der Waals surface area contributed by atoms with E-state index >= 15 is 0 Å². The summed E-state index contributed by atoms with van der Waals surface area (Å²) in [5.74, 6) is -0.125. The molecule has 1 heterocycles. The number of aromatic amines is 1. The lowest BCUT2D eigenvalue weighted by atomic mass is 10.1. The van der Waals surface area contributed by atoms with Crippen molar-refractivity contribution in [1.82, 2.24) is 4.98 Å². The van der Waals surface area contributed by atoms with Crippen LogP contribution >= 0.6 is 11.9 Å². The summed E-state index contributed by atoms with van der Waals surface area (Å²) in [5, 5.41) is 9.36. The molecule has 3 N–H and O–H groups in total. The molecule has 3 aromatic carbocycles. The van der Waals surface area contributed by atoms with Gasteiger partial charge in [0.05, 0.1) is 19.2 Å². The van der Waals surface area contributed by atoms with Gasteiger partial charge in [-0.25, -0.2) is 0 Å². The Labute approximate surface area is 209 Å². The Morgan fingerprint density at radius 1 is 1.03 bits per heavy atom. The average Bonchev–Trinajstić information content (AvgIpc) is 3.25. The second kappa shape index (κ2) is 10.1. The largest absolute Gasteiger partial charge is 0.493 e. The van der Waals surface area contributed by atoms with Crippen LogP contribution in [-0.4, -0.2) is 23.2 Å².